The number of carbonyl (C=O) groups is 1. The van der Waals surface area contributed by atoms with Gasteiger partial charge in [-0.1, -0.05) is 18.2 Å². The van der Waals surface area contributed by atoms with E-state index in [9.17, 15) is 14.0 Å². The SMILES string of the molecule is Cc1c(C)n(C(=O)Oc2ccc(F)cc2)n(-c2ccccc2)c1=O. The van der Waals surface area contributed by atoms with Gasteiger partial charge in [-0.2, -0.15) is 4.68 Å². The van der Waals surface area contributed by atoms with Gasteiger partial charge in [0.05, 0.1) is 11.4 Å². The fourth-order valence-corrected chi connectivity index (χ4v) is 2.38. The molecule has 0 saturated heterocycles. The van der Waals surface area contributed by atoms with Crippen molar-refractivity contribution in [3.8, 4) is 11.4 Å². The third kappa shape index (κ3) is 2.74. The van der Waals surface area contributed by atoms with Crippen molar-refractivity contribution in [3.63, 3.8) is 0 Å². The van der Waals surface area contributed by atoms with Crippen LogP contribution in [-0.4, -0.2) is 15.5 Å². The molecule has 0 radical (unpaired) electrons. The monoisotopic (exact) mass is 326 g/mol. The van der Waals surface area contributed by atoms with Crippen LogP contribution in [0.15, 0.2) is 59.4 Å². The highest BCUT2D eigenvalue weighted by Gasteiger charge is 2.21. The first-order valence-corrected chi connectivity index (χ1v) is 7.33. The largest absolute Gasteiger partial charge is 0.439 e. The molecular formula is C18H15FN2O3. The first kappa shape index (κ1) is 15.7. The molecule has 0 saturated carbocycles. The van der Waals surface area contributed by atoms with Crippen LogP contribution in [0.3, 0.4) is 0 Å². The van der Waals surface area contributed by atoms with Gasteiger partial charge in [-0.25, -0.2) is 13.9 Å². The molecule has 0 fully saturated rings. The van der Waals surface area contributed by atoms with Crippen molar-refractivity contribution < 1.29 is 13.9 Å². The number of hydrogen-bond donors (Lipinski definition) is 0. The van der Waals surface area contributed by atoms with Crippen molar-refractivity contribution in [2.75, 3.05) is 0 Å². The zero-order chi connectivity index (χ0) is 17.3. The Morgan fingerprint density at radius 1 is 1.00 bits per heavy atom. The molecule has 6 heteroatoms. The van der Waals surface area contributed by atoms with Crippen molar-refractivity contribution >= 4 is 6.09 Å². The number of nitrogens with zero attached hydrogens (tertiary/aromatic N) is 2. The van der Waals surface area contributed by atoms with Gasteiger partial charge in [0.15, 0.2) is 0 Å². The van der Waals surface area contributed by atoms with Crippen LogP contribution in [0.25, 0.3) is 5.69 Å². The van der Waals surface area contributed by atoms with Crippen LogP contribution in [0.5, 0.6) is 5.75 Å². The summed E-state index contributed by atoms with van der Waals surface area (Å²) < 4.78 is 20.7. The van der Waals surface area contributed by atoms with Gasteiger partial charge in [0, 0.05) is 5.56 Å². The van der Waals surface area contributed by atoms with Gasteiger partial charge < -0.3 is 4.74 Å². The van der Waals surface area contributed by atoms with Gasteiger partial charge in [0.1, 0.15) is 11.6 Å². The second-order valence-electron chi connectivity index (χ2n) is 5.30. The molecule has 0 unspecified atom stereocenters. The van der Waals surface area contributed by atoms with E-state index in [1.54, 1.807) is 38.1 Å². The smallest absolute Gasteiger partial charge is 0.409 e. The van der Waals surface area contributed by atoms with E-state index in [1.807, 2.05) is 6.07 Å². The molecule has 3 aromatic rings. The number of carbonyl (C=O) groups excluding carboxylic acids is 1. The summed E-state index contributed by atoms with van der Waals surface area (Å²) in [5, 5.41) is 0. The molecule has 0 aliphatic rings. The van der Waals surface area contributed by atoms with Crippen LogP contribution >= 0.6 is 0 Å². The lowest BCUT2D eigenvalue weighted by molar-refractivity contribution is 0.195. The molecule has 24 heavy (non-hydrogen) atoms. The third-order valence-electron chi connectivity index (χ3n) is 3.77. The number of ether oxygens (including phenoxy) is 1. The Bertz CT molecular complexity index is 941. The van der Waals surface area contributed by atoms with Gasteiger partial charge in [-0.05, 0) is 50.2 Å². The number of halogens is 1. The Hall–Kier alpha value is -3.15. The summed E-state index contributed by atoms with van der Waals surface area (Å²) in [5.41, 5.74) is 1.19. The highest BCUT2D eigenvalue weighted by Crippen LogP contribution is 2.15. The van der Waals surface area contributed by atoms with E-state index in [-0.39, 0.29) is 11.3 Å². The molecule has 3 rings (SSSR count). The maximum atomic E-state index is 13.0. The molecule has 2 aromatic carbocycles. The summed E-state index contributed by atoms with van der Waals surface area (Å²) in [6.07, 6.45) is -0.742. The molecule has 0 bridgehead atoms. The molecule has 0 aliphatic heterocycles. The summed E-state index contributed by atoms with van der Waals surface area (Å²) in [5.74, 6) is -0.233. The van der Waals surface area contributed by atoms with Crippen molar-refractivity contribution in [2.45, 2.75) is 13.8 Å². The summed E-state index contributed by atoms with van der Waals surface area (Å²) in [6.45, 7) is 3.32. The topological polar surface area (TPSA) is 53.2 Å². The van der Waals surface area contributed by atoms with Gasteiger partial charge in [0.25, 0.3) is 5.56 Å². The molecule has 122 valence electrons. The summed E-state index contributed by atoms with van der Waals surface area (Å²) in [6, 6.07) is 13.9. The lowest BCUT2D eigenvalue weighted by Gasteiger charge is -2.12. The number of rotatable bonds is 2. The second kappa shape index (κ2) is 6.16. The Morgan fingerprint density at radius 2 is 1.62 bits per heavy atom. The molecule has 0 N–H and O–H groups in total. The minimum absolute atomic E-state index is 0.194. The molecule has 0 spiro atoms. The van der Waals surface area contributed by atoms with Crippen molar-refractivity contribution in [3.05, 3.63) is 82.0 Å². The number of aromatic nitrogens is 2. The summed E-state index contributed by atoms with van der Waals surface area (Å²) >= 11 is 0. The summed E-state index contributed by atoms with van der Waals surface area (Å²) in [4.78, 5) is 25.1. The van der Waals surface area contributed by atoms with Crippen molar-refractivity contribution in [1.29, 1.82) is 0 Å². The lowest BCUT2D eigenvalue weighted by Crippen LogP contribution is -2.29. The highest BCUT2D eigenvalue weighted by atomic mass is 19.1. The summed E-state index contributed by atoms with van der Waals surface area (Å²) in [7, 11) is 0. The average molecular weight is 326 g/mol. The fourth-order valence-electron chi connectivity index (χ4n) is 2.38. The van der Waals surface area contributed by atoms with Crippen LogP contribution in [-0.2, 0) is 0 Å². The normalized spacial score (nSPS) is 10.6. The van der Waals surface area contributed by atoms with E-state index in [0.29, 0.717) is 16.9 Å². The quantitative estimate of drug-likeness (QED) is 0.725. The maximum absolute atomic E-state index is 13.0. The molecule has 5 nitrogen and oxygen atoms in total. The van der Waals surface area contributed by atoms with E-state index in [1.165, 1.54) is 33.6 Å². The average Bonchev–Trinajstić information content (AvgIpc) is 2.82. The van der Waals surface area contributed by atoms with Crippen LogP contribution in [0, 0.1) is 19.7 Å². The molecule has 0 atom stereocenters. The van der Waals surface area contributed by atoms with E-state index < -0.39 is 11.9 Å². The van der Waals surface area contributed by atoms with Gasteiger partial charge in [0.2, 0.25) is 0 Å². The molecular weight excluding hydrogens is 311 g/mol. The van der Waals surface area contributed by atoms with E-state index >= 15 is 0 Å². The third-order valence-corrected chi connectivity index (χ3v) is 3.77. The predicted molar refractivity (Wildman–Crippen MR) is 87.3 cm³/mol. The van der Waals surface area contributed by atoms with Crippen molar-refractivity contribution in [2.24, 2.45) is 0 Å². The van der Waals surface area contributed by atoms with E-state index in [4.69, 9.17) is 4.74 Å². The number of benzene rings is 2. The Balaban J connectivity index is 2.07. The Kier molecular flexibility index (Phi) is 4.04. The number of para-hydroxylation sites is 1. The first-order valence-electron chi connectivity index (χ1n) is 7.33. The fraction of sp³-hybridized carbons (Fsp3) is 0.111. The van der Waals surface area contributed by atoms with Crippen LogP contribution in [0.1, 0.15) is 11.3 Å². The first-order chi connectivity index (χ1) is 11.5. The zero-order valence-electron chi connectivity index (χ0n) is 13.2. The van der Waals surface area contributed by atoms with E-state index in [2.05, 4.69) is 0 Å². The van der Waals surface area contributed by atoms with Gasteiger partial charge in [-0.15, -0.1) is 0 Å². The minimum atomic E-state index is -0.742. The lowest BCUT2D eigenvalue weighted by atomic mass is 10.3. The molecule has 0 aliphatic carbocycles. The second-order valence-corrected chi connectivity index (χ2v) is 5.30. The predicted octanol–water partition coefficient (Wildman–Crippen LogP) is 3.44. The minimum Gasteiger partial charge on any atom is -0.409 e. The van der Waals surface area contributed by atoms with Gasteiger partial charge in [-0.3, -0.25) is 4.79 Å². The highest BCUT2D eigenvalue weighted by molar-refractivity contribution is 5.74. The maximum Gasteiger partial charge on any atom is 0.439 e. The Morgan fingerprint density at radius 3 is 2.25 bits per heavy atom. The molecule has 1 heterocycles. The standard InChI is InChI=1S/C18H15FN2O3/c1-12-13(2)20(18(23)24-16-10-8-14(19)9-11-16)21(17(12)22)15-6-4-3-5-7-15/h3-11H,1-2H3. The van der Waals surface area contributed by atoms with E-state index in [0.717, 1.165) is 0 Å². The number of hydrogen-bond acceptors (Lipinski definition) is 3. The van der Waals surface area contributed by atoms with Gasteiger partial charge >= 0.3 is 6.09 Å². The zero-order valence-corrected chi connectivity index (χ0v) is 13.2. The Labute approximate surface area is 137 Å². The van der Waals surface area contributed by atoms with Crippen LogP contribution < -0.4 is 10.3 Å². The van der Waals surface area contributed by atoms with Crippen LogP contribution in [0.4, 0.5) is 9.18 Å². The molecule has 0 amide bonds. The molecule has 1 aromatic heterocycles. The van der Waals surface area contributed by atoms with Crippen molar-refractivity contribution in [1.82, 2.24) is 9.36 Å². The van der Waals surface area contributed by atoms with Crippen LogP contribution in [0.2, 0.25) is 0 Å².